The fraction of sp³-hybridized carbons (Fsp3) is 0.467. The van der Waals surface area contributed by atoms with E-state index < -0.39 is 23.5 Å². The van der Waals surface area contributed by atoms with E-state index in [1.807, 2.05) is 0 Å². The third kappa shape index (κ3) is 2.64. The quantitative estimate of drug-likeness (QED) is 0.786. The van der Waals surface area contributed by atoms with Gasteiger partial charge < -0.3 is 9.52 Å². The first kappa shape index (κ1) is 14.4. The number of benzene rings is 1. The lowest BCUT2D eigenvalue weighted by Gasteiger charge is -2.35. The third-order valence-electron chi connectivity index (χ3n) is 4.21. The van der Waals surface area contributed by atoms with E-state index in [1.54, 1.807) is 0 Å². The van der Waals surface area contributed by atoms with Crippen LogP contribution >= 0.6 is 0 Å². The number of rotatable bonds is 1. The number of alkyl halides is 3. The second-order valence-corrected chi connectivity index (χ2v) is 5.64. The van der Waals surface area contributed by atoms with Crippen molar-refractivity contribution in [3.05, 3.63) is 35.8 Å². The highest BCUT2D eigenvalue weighted by molar-refractivity contribution is 5.78. The van der Waals surface area contributed by atoms with E-state index in [-0.39, 0.29) is 31.4 Å². The fourth-order valence-corrected chi connectivity index (χ4v) is 2.91. The highest BCUT2D eigenvalue weighted by Gasteiger charge is 2.46. The van der Waals surface area contributed by atoms with Crippen molar-refractivity contribution in [1.29, 1.82) is 0 Å². The first-order valence-electron chi connectivity index (χ1n) is 6.77. The molecule has 1 aromatic heterocycles. The van der Waals surface area contributed by atoms with E-state index in [4.69, 9.17) is 4.42 Å². The molecule has 1 N–H and O–H groups in total. The molecule has 0 radical (unpaired) electrons. The Morgan fingerprint density at radius 1 is 1.14 bits per heavy atom. The standard InChI is InChI=1S/C15H14F4O2/c16-11-1-2-12-9(7-11)8-13(21-12)14(20)5-3-10(4-6-14)15(17,18)19/h1-2,7-8,10,20H,3-6H2. The van der Waals surface area contributed by atoms with Crippen molar-refractivity contribution < 1.29 is 27.1 Å². The fourth-order valence-electron chi connectivity index (χ4n) is 2.91. The topological polar surface area (TPSA) is 33.4 Å². The molecule has 6 heteroatoms. The van der Waals surface area contributed by atoms with Crippen LogP contribution in [0.4, 0.5) is 17.6 Å². The van der Waals surface area contributed by atoms with Crippen molar-refractivity contribution in [2.75, 3.05) is 0 Å². The molecule has 114 valence electrons. The highest BCUT2D eigenvalue weighted by atomic mass is 19.4. The van der Waals surface area contributed by atoms with Crippen molar-refractivity contribution in [3.8, 4) is 0 Å². The van der Waals surface area contributed by atoms with Gasteiger partial charge in [0.05, 0.1) is 5.92 Å². The number of furan rings is 1. The lowest BCUT2D eigenvalue weighted by atomic mass is 9.77. The first-order chi connectivity index (χ1) is 9.78. The molecule has 0 amide bonds. The normalized spacial score (nSPS) is 27.2. The van der Waals surface area contributed by atoms with Gasteiger partial charge in [-0.2, -0.15) is 13.2 Å². The summed E-state index contributed by atoms with van der Waals surface area (Å²) in [5, 5.41) is 11.0. The predicted molar refractivity (Wildman–Crippen MR) is 68.1 cm³/mol. The molecule has 21 heavy (non-hydrogen) atoms. The molecule has 0 unspecified atom stereocenters. The SMILES string of the molecule is OC1(c2cc3cc(F)ccc3o2)CCC(C(F)(F)F)CC1. The Hall–Kier alpha value is -1.56. The molecule has 0 atom stereocenters. The van der Waals surface area contributed by atoms with Crippen LogP contribution < -0.4 is 0 Å². The zero-order valence-electron chi connectivity index (χ0n) is 11.1. The van der Waals surface area contributed by atoms with Crippen molar-refractivity contribution >= 4 is 11.0 Å². The predicted octanol–water partition coefficient (Wildman–Crippen LogP) is 4.51. The molecule has 0 bridgehead atoms. The summed E-state index contributed by atoms with van der Waals surface area (Å²) in [6, 6.07) is 5.46. The van der Waals surface area contributed by atoms with Crippen molar-refractivity contribution in [2.45, 2.75) is 37.5 Å². The summed E-state index contributed by atoms with van der Waals surface area (Å²) >= 11 is 0. The Balaban J connectivity index is 1.85. The van der Waals surface area contributed by atoms with Crippen molar-refractivity contribution in [2.24, 2.45) is 5.92 Å². The monoisotopic (exact) mass is 302 g/mol. The minimum atomic E-state index is -4.22. The molecule has 1 saturated carbocycles. The molecule has 2 aromatic rings. The van der Waals surface area contributed by atoms with Gasteiger partial charge in [0.2, 0.25) is 0 Å². The lowest BCUT2D eigenvalue weighted by Crippen LogP contribution is -2.36. The van der Waals surface area contributed by atoms with Crippen molar-refractivity contribution in [1.82, 2.24) is 0 Å². The van der Waals surface area contributed by atoms with Crippen LogP contribution in [0.15, 0.2) is 28.7 Å². The molecule has 1 fully saturated rings. The van der Waals surface area contributed by atoms with Gasteiger partial charge in [-0.3, -0.25) is 0 Å². The zero-order chi connectivity index (χ0) is 15.3. The van der Waals surface area contributed by atoms with Gasteiger partial charge in [0.15, 0.2) is 0 Å². The van der Waals surface area contributed by atoms with Crippen LogP contribution in [0, 0.1) is 11.7 Å². The van der Waals surface area contributed by atoms with Gasteiger partial charge in [0.25, 0.3) is 0 Å². The van der Waals surface area contributed by atoms with E-state index in [0.29, 0.717) is 11.0 Å². The van der Waals surface area contributed by atoms with Gasteiger partial charge in [-0.25, -0.2) is 4.39 Å². The van der Waals surface area contributed by atoms with Gasteiger partial charge >= 0.3 is 6.18 Å². The summed E-state index contributed by atoms with van der Waals surface area (Å²) < 4.78 is 56.6. The number of fused-ring (bicyclic) bond motifs is 1. The van der Waals surface area contributed by atoms with Gasteiger partial charge in [-0.15, -0.1) is 0 Å². The molecule has 2 nitrogen and oxygen atoms in total. The van der Waals surface area contributed by atoms with E-state index >= 15 is 0 Å². The van der Waals surface area contributed by atoms with Crippen LogP contribution in [-0.2, 0) is 5.60 Å². The molecular weight excluding hydrogens is 288 g/mol. The zero-order valence-corrected chi connectivity index (χ0v) is 11.1. The third-order valence-corrected chi connectivity index (χ3v) is 4.21. The van der Waals surface area contributed by atoms with Crippen LogP contribution in [0.25, 0.3) is 11.0 Å². The summed E-state index contributed by atoms with van der Waals surface area (Å²) in [6.45, 7) is 0. The Labute approximate surface area is 118 Å². The summed E-state index contributed by atoms with van der Waals surface area (Å²) in [5.41, 5.74) is -0.991. The second kappa shape index (κ2) is 4.73. The second-order valence-electron chi connectivity index (χ2n) is 5.64. The minimum Gasteiger partial charge on any atom is -0.458 e. The first-order valence-corrected chi connectivity index (χ1v) is 6.77. The maximum absolute atomic E-state index is 13.1. The Morgan fingerprint density at radius 2 is 1.81 bits per heavy atom. The highest BCUT2D eigenvalue weighted by Crippen LogP contribution is 2.46. The van der Waals surface area contributed by atoms with E-state index in [0.717, 1.165) is 0 Å². The van der Waals surface area contributed by atoms with E-state index in [9.17, 15) is 22.7 Å². The summed E-state index contributed by atoms with van der Waals surface area (Å²) in [4.78, 5) is 0. The molecule has 1 aliphatic carbocycles. The van der Waals surface area contributed by atoms with Crippen molar-refractivity contribution in [3.63, 3.8) is 0 Å². The lowest BCUT2D eigenvalue weighted by molar-refractivity contribution is -0.194. The van der Waals surface area contributed by atoms with Gasteiger partial charge in [-0.1, -0.05) is 0 Å². The van der Waals surface area contributed by atoms with Gasteiger partial charge in [0, 0.05) is 5.39 Å². The maximum atomic E-state index is 13.1. The number of aliphatic hydroxyl groups is 1. The van der Waals surface area contributed by atoms with Crippen LogP contribution in [-0.4, -0.2) is 11.3 Å². The Bertz CT molecular complexity index is 651. The average molecular weight is 302 g/mol. The Kier molecular flexibility index (Phi) is 3.24. The van der Waals surface area contributed by atoms with E-state index in [1.165, 1.54) is 24.3 Å². The summed E-state index contributed by atoms with van der Waals surface area (Å²) in [7, 11) is 0. The molecule has 1 heterocycles. The van der Waals surface area contributed by atoms with E-state index in [2.05, 4.69) is 0 Å². The number of halogens is 4. The smallest absolute Gasteiger partial charge is 0.391 e. The molecule has 0 saturated heterocycles. The summed E-state index contributed by atoms with van der Waals surface area (Å²) in [6.07, 6.45) is -4.52. The number of hydrogen-bond acceptors (Lipinski definition) is 2. The molecular formula is C15H14F4O2. The van der Waals surface area contributed by atoms with Crippen LogP contribution in [0.2, 0.25) is 0 Å². The minimum absolute atomic E-state index is 0.0144. The number of hydrogen-bond donors (Lipinski definition) is 1. The molecule has 1 aromatic carbocycles. The molecule has 0 aliphatic heterocycles. The molecule has 0 spiro atoms. The maximum Gasteiger partial charge on any atom is 0.391 e. The van der Waals surface area contributed by atoms with Gasteiger partial charge in [0.1, 0.15) is 22.8 Å². The average Bonchev–Trinajstić information content (AvgIpc) is 2.81. The molecule has 1 aliphatic rings. The van der Waals surface area contributed by atoms with Crippen LogP contribution in [0.1, 0.15) is 31.4 Å². The summed E-state index contributed by atoms with van der Waals surface area (Å²) in [5.74, 6) is -1.59. The molecule has 3 rings (SSSR count). The van der Waals surface area contributed by atoms with Gasteiger partial charge in [-0.05, 0) is 49.9 Å². The van der Waals surface area contributed by atoms with Crippen LogP contribution in [0.3, 0.4) is 0 Å². The van der Waals surface area contributed by atoms with Crippen LogP contribution in [0.5, 0.6) is 0 Å². The Morgan fingerprint density at radius 3 is 2.43 bits per heavy atom. The largest absolute Gasteiger partial charge is 0.458 e.